The molecule has 2 rings (SSSR count). The number of hydrogen-bond acceptors (Lipinski definition) is 2. The first-order valence-electron chi connectivity index (χ1n) is 8.31. The maximum atomic E-state index is 11.7. The summed E-state index contributed by atoms with van der Waals surface area (Å²) in [5.41, 5.74) is 0. The lowest BCUT2D eigenvalue weighted by Crippen LogP contribution is -2.42. The Hall–Kier alpha value is -0.530. The van der Waals surface area contributed by atoms with Crippen LogP contribution < -0.4 is 10.6 Å². The number of hydrogen-bond donors (Lipinski definition) is 2. The van der Waals surface area contributed by atoms with Gasteiger partial charge in [-0.1, -0.05) is 26.2 Å². The Morgan fingerprint density at radius 2 is 1.86 bits per heavy atom. The summed E-state index contributed by atoms with van der Waals surface area (Å²) in [4.78, 5) is 17.7. The van der Waals surface area contributed by atoms with Crippen LogP contribution in [0, 0.1) is 11.8 Å². The molecule has 2 unspecified atom stereocenters. The van der Waals surface area contributed by atoms with Gasteiger partial charge in [0.15, 0.2) is 5.96 Å². The lowest BCUT2D eigenvalue weighted by molar-refractivity contribution is -0.127. The number of nitrogens with one attached hydrogen (secondary N) is 2. The predicted octanol–water partition coefficient (Wildman–Crippen LogP) is 2.22. The van der Waals surface area contributed by atoms with Crippen LogP contribution in [0.1, 0.15) is 45.4 Å². The van der Waals surface area contributed by atoms with Crippen LogP contribution in [0.3, 0.4) is 0 Å². The Kier molecular flexibility index (Phi) is 8.49. The summed E-state index contributed by atoms with van der Waals surface area (Å²) in [6, 6.07) is 0.525. The highest BCUT2D eigenvalue weighted by Gasteiger charge is 2.33. The maximum Gasteiger partial charge on any atom is 0.243 e. The number of nitrogens with zero attached hydrogens (tertiary/aromatic N) is 2. The van der Waals surface area contributed by atoms with E-state index in [1.165, 1.54) is 38.5 Å². The molecule has 0 spiro atoms. The molecular formula is C16H31IN4O. The Morgan fingerprint density at radius 3 is 2.41 bits per heavy atom. The van der Waals surface area contributed by atoms with Gasteiger partial charge in [-0.25, -0.2) is 4.99 Å². The van der Waals surface area contributed by atoms with Crippen LogP contribution in [-0.4, -0.2) is 50.0 Å². The molecule has 0 aromatic carbocycles. The molecule has 0 heterocycles. The molecule has 128 valence electrons. The zero-order valence-electron chi connectivity index (χ0n) is 14.1. The van der Waals surface area contributed by atoms with E-state index in [9.17, 15) is 4.79 Å². The average molecular weight is 422 g/mol. The molecule has 6 heteroatoms. The first-order chi connectivity index (χ1) is 10.1. The fourth-order valence-electron chi connectivity index (χ4n) is 2.77. The number of rotatable bonds is 5. The van der Waals surface area contributed by atoms with E-state index in [2.05, 4.69) is 22.5 Å². The van der Waals surface area contributed by atoms with Gasteiger partial charge in [0.25, 0.3) is 0 Å². The minimum absolute atomic E-state index is 0. The highest BCUT2D eigenvalue weighted by molar-refractivity contribution is 14.0. The molecule has 1 amide bonds. The summed E-state index contributed by atoms with van der Waals surface area (Å²) in [5, 5.41) is 6.89. The summed E-state index contributed by atoms with van der Waals surface area (Å²) in [6.45, 7) is 3.43. The van der Waals surface area contributed by atoms with E-state index < -0.39 is 0 Å². The number of aliphatic imine (C=N–C) groups is 1. The monoisotopic (exact) mass is 422 g/mol. The zero-order chi connectivity index (χ0) is 15.2. The standard InChI is InChI=1S/C16H30N4O.HI/c1-12-9-14(12)19-16(18-11-15(21)20(2)3)17-10-13-7-5-4-6-8-13;/h12-14H,4-11H2,1-3H3,(H2,17,18,19);1H. The van der Waals surface area contributed by atoms with Crippen LogP contribution >= 0.6 is 24.0 Å². The smallest absolute Gasteiger partial charge is 0.243 e. The second kappa shape index (κ2) is 9.57. The molecule has 2 atom stereocenters. The topological polar surface area (TPSA) is 56.7 Å². The second-order valence-corrected chi connectivity index (χ2v) is 6.80. The van der Waals surface area contributed by atoms with E-state index >= 15 is 0 Å². The highest BCUT2D eigenvalue weighted by Crippen LogP contribution is 2.28. The van der Waals surface area contributed by atoms with Crippen LogP contribution in [-0.2, 0) is 4.79 Å². The molecule has 0 radical (unpaired) electrons. The van der Waals surface area contributed by atoms with Crippen molar-refractivity contribution in [2.75, 3.05) is 27.2 Å². The number of carbonyl (C=O) groups is 1. The molecule has 2 N–H and O–H groups in total. The Morgan fingerprint density at radius 1 is 1.23 bits per heavy atom. The Bertz CT molecular complexity index is 380. The van der Waals surface area contributed by atoms with Gasteiger partial charge in [0, 0.05) is 26.7 Å². The van der Waals surface area contributed by atoms with E-state index in [1.807, 2.05) is 0 Å². The summed E-state index contributed by atoms with van der Waals surface area (Å²) in [7, 11) is 3.53. The van der Waals surface area contributed by atoms with Crippen LogP contribution in [0.25, 0.3) is 0 Å². The van der Waals surface area contributed by atoms with E-state index in [-0.39, 0.29) is 36.4 Å². The molecular weight excluding hydrogens is 391 g/mol. The summed E-state index contributed by atoms with van der Waals surface area (Å²) in [6.07, 6.45) is 7.92. The van der Waals surface area contributed by atoms with Crippen molar-refractivity contribution in [2.24, 2.45) is 16.8 Å². The average Bonchev–Trinajstić information content (AvgIpc) is 3.17. The number of halogens is 1. The third kappa shape index (κ3) is 6.71. The van der Waals surface area contributed by atoms with Gasteiger partial charge in [-0.3, -0.25) is 4.79 Å². The van der Waals surface area contributed by atoms with Crippen molar-refractivity contribution in [1.82, 2.24) is 15.5 Å². The van der Waals surface area contributed by atoms with Gasteiger partial charge in [0.2, 0.25) is 5.91 Å². The van der Waals surface area contributed by atoms with E-state index in [0.29, 0.717) is 6.04 Å². The normalized spacial score (nSPS) is 25.1. The van der Waals surface area contributed by atoms with Crippen molar-refractivity contribution in [3.8, 4) is 0 Å². The lowest BCUT2D eigenvalue weighted by Gasteiger charge is -2.23. The molecule has 0 aliphatic heterocycles. The zero-order valence-corrected chi connectivity index (χ0v) is 16.4. The third-order valence-electron chi connectivity index (χ3n) is 4.59. The van der Waals surface area contributed by atoms with Crippen LogP contribution in [0.5, 0.6) is 0 Å². The third-order valence-corrected chi connectivity index (χ3v) is 4.59. The molecule has 2 fully saturated rings. The Balaban J connectivity index is 0.00000242. The van der Waals surface area contributed by atoms with Gasteiger partial charge in [0.1, 0.15) is 6.54 Å². The largest absolute Gasteiger partial charge is 0.356 e. The highest BCUT2D eigenvalue weighted by atomic mass is 127. The summed E-state index contributed by atoms with van der Waals surface area (Å²) >= 11 is 0. The van der Waals surface area contributed by atoms with Crippen molar-refractivity contribution < 1.29 is 4.79 Å². The molecule has 0 aromatic heterocycles. The van der Waals surface area contributed by atoms with Crippen LogP contribution in [0.2, 0.25) is 0 Å². The fourth-order valence-corrected chi connectivity index (χ4v) is 2.77. The van der Waals surface area contributed by atoms with Crippen molar-refractivity contribution in [2.45, 2.75) is 51.5 Å². The molecule has 2 saturated carbocycles. The van der Waals surface area contributed by atoms with Crippen molar-refractivity contribution in [1.29, 1.82) is 0 Å². The quantitative estimate of drug-likeness (QED) is 0.406. The summed E-state index contributed by atoms with van der Waals surface area (Å²) < 4.78 is 0. The van der Waals surface area contributed by atoms with Gasteiger partial charge in [-0.15, -0.1) is 24.0 Å². The van der Waals surface area contributed by atoms with E-state index in [4.69, 9.17) is 0 Å². The molecule has 0 saturated heterocycles. The number of amides is 1. The van der Waals surface area contributed by atoms with Gasteiger partial charge < -0.3 is 15.5 Å². The van der Waals surface area contributed by atoms with Crippen molar-refractivity contribution >= 4 is 35.8 Å². The lowest BCUT2D eigenvalue weighted by atomic mass is 9.89. The van der Waals surface area contributed by atoms with Crippen LogP contribution in [0.15, 0.2) is 4.99 Å². The van der Waals surface area contributed by atoms with Gasteiger partial charge in [0.05, 0.1) is 0 Å². The van der Waals surface area contributed by atoms with Crippen LogP contribution in [0.4, 0.5) is 0 Å². The Labute approximate surface area is 151 Å². The van der Waals surface area contributed by atoms with Crippen molar-refractivity contribution in [3.05, 3.63) is 0 Å². The number of likely N-dealkylation sites (N-methyl/N-ethyl adjacent to an activating group) is 1. The fraction of sp³-hybridized carbons (Fsp3) is 0.875. The minimum atomic E-state index is 0. The molecule has 5 nitrogen and oxygen atoms in total. The van der Waals surface area contributed by atoms with Gasteiger partial charge >= 0.3 is 0 Å². The summed E-state index contributed by atoms with van der Waals surface area (Å²) in [5.74, 6) is 2.32. The first-order valence-corrected chi connectivity index (χ1v) is 8.31. The number of guanidine groups is 1. The van der Waals surface area contributed by atoms with Gasteiger partial charge in [-0.05, 0) is 31.1 Å². The van der Waals surface area contributed by atoms with E-state index in [0.717, 1.165) is 24.3 Å². The maximum absolute atomic E-state index is 11.7. The van der Waals surface area contributed by atoms with E-state index in [1.54, 1.807) is 19.0 Å². The van der Waals surface area contributed by atoms with Gasteiger partial charge in [-0.2, -0.15) is 0 Å². The molecule has 22 heavy (non-hydrogen) atoms. The number of carbonyl (C=O) groups excluding carboxylic acids is 1. The first kappa shape index (κ1) is 19.5. The molecule has 0 aromatic rings. The minimum Gasteiger partial charge on any atom is -0.356 e. The van der Waals surface area contributed by atoms with Crippen molar-refractivity contribution in [3.63, 3.8) is 0 Å². The SMILES string of the molecule is CC1CC1NC(=NCC(=O)N(C)C)NCC1CCCCC1.I. The predicted molar refractivity (Wildman–Crippen MR) is 102 cm³/mol. The molecule has 0 bridgehead atoms. The molecule has 2 aliphatic carbocycles. The second-order valence-electron chi connectivity index (χ2n) is 6.80. The molecule has 2 aliphatic rings.